The van der Waals surface area contributed by atoms with Crippen LogP contribution in [0.4, 0.5) is 5.69 Å². The molecule has 1 aromatic rings. The van der Waals surface area contributed by atoms with Gasteiger partial charge >= 0.3 is 0 Å². The van der Waals surface area contributed by atoms with E-state index >= 15 is 0 Å². The van der Waals surface area contributed by atoms with Gasteiger partial charge in [-0.3, -0.25) is 4.79 Å². The standard InChI is InChI=1S/C20H26N2O2/c1-2-3-12-20(24)17-15(8-7-9-16(17)22-18(20)23)13-19(14-21)10-5-4-6-11-19/h7-9,24H,2-6,10-13H2,1H3,(H,22,23). The van der Waals surface area contributed by atoms with Crippen LogP contribution in [0.2, 0.25) is 0 Å². The van der Waals surface area contributed by atoms with Crippen molar-refractivity contribution < 1.29 is 9.90 Å². The molecule has 3 rings (SSSR count). The average Bonchev–Trinajstić information content (AvgIpc) is 2.86. The van der Waals surface area contributed by atoms with Crippen LogP contribution in [-0.2, 0) is 16.8 Å². The monoisotopic (exact) mass is 326 g/mol. The third-order valence-electron chi connectivity index (χ3n) is 5.66. The summed E-state index contributed by atoms with van der Waals surface area (Å²) < 4.78 is 0. The van der Waals surface area contributed by atoms with Gasteiger partial charge in [0.2, 0.25) is 0 Å². The fraction of sp³-hybridized carbons (Fsp3) is 0.600. The minimum absolute atomic E-state index is 0.326. The van der Waals surface area contributed by atoms with Gasteiger partial charge in [-0.15, -0.1) is 0 Å². The van der Waals surface area contributed by atoms with Gasteiger partial charge in [-0.1, -0.05) is 44.7 Å². The first-order valence-corrected chi connectivity index (χ1v) is 9.12. The van der Waals surface area contributed by atoms with Crippen molar-refractivity contribution >= 4 is 11.6 Å². The lowest BCUT2D eigenvalue weighted by Gasteiger charge is -2.32. The molecule has 1 aliphatic heterocycles. The molecule has 1 atom stereocenters. The number of amides is 1. The average molecular weight is 326 g/mol. The predicted octanol–water partition coefficient (Wildman–Crippen LogP) is 4.03. The van der Waals surface area contributed by atoms with Gasteiger partial charge in [0, 0.05) is 11.3 Å². The van der Waals surface area contributed by atoms with Gasteiger partial charge in [-0.2, -0.15) is 5.26 Å². The summed E-state index contributed by atoms with van der Waals surface area (Å²) in [6, 6.07) is 8.29. The molecular weight excluding hydrogens is 300 g/mol. The quantitative estimate of drug-likeness (QED) is 0.858. The Morgan fingerprint density at radius 3 is 2.71 bits per heavy atom. The van der Waals surface area contributed by atoms with Crippen LogP contribution in [0.5, 0.6) is 0 Å². The number of nitrogens with one attached hydrogen (secondary N) is 1. The third-order valence-corrected chi connectivity index (χ3v) is 5.66. The van der Waals surface area contributed by atoms with Crippen molar-refractivity contribution in [2.24, 2.45) is 5.41 Å². The van der Waals surface area contributed by atoms with E-state index in [-0.39, 0.29) is 11.3 Å². The fourth-order valence-electron chi connectivity index (χ4n) is 4.27. The highest BCUT2D eigenvalue weighted by molar-refractivity contribution is 6.05. The van der Waals surface area contributed by atoms with Crippen LogP contribution >= 0.6 is 0 Å². The summed E-state index contributed by atoms with van der Waals surface area (Å²) in [6.45, 7) is 2.05. The highest BCUT2D eigenvalue weighted by atomic mass is 16.3. The van der Waals surface area contributed by atoms with Crippen LogP contribution in [0.1, 0.15) is 69.4 Å². The van der Waals surface area contributed by atoms with E-state index in [1.165, 1.54) is 6.42 Å². The summed E-state index contributed by atoms with van der Waals surface area (Å²) in [5, 5.41) is 23.7. The molecule has 0 radical (unpaired) electrons. The third kappa shape index (κ3) is 2.82. The van der Waals surface area contributed by atoms with Crippen molar-refractivity contribution in [1.29, 1.82) is 5.26 Å². The molecule has 0 spiro atoms. The van der Waals surface area contributed by atoms with E-state index in [1.54, 1.807) is 0 Å². The maximum absolute atomic E-state index is 12.4. The molecule has 1 amide bonds. The van der Waals surface area contributed by atoms with Crippen LogP contribution in [-0.4, -0.2) is 11.0 Å². The lowest BCUT2D eigenvalue weighted by atomic mass is 9.70. The van der Waals surface area contributed by atoms with E-state index in [9.17, 15) is 15.2 Å². The first-order chi connectivity index (χ1) is 11.5. The number of hydrogen-bond acceptors (Lipinski definition) is 3. The van der Waals surface area contributed by atoms with Gasteiger partial charge in [-0.25, -0.2) is 0 Å². The first kappa shape index (κ1) is 17.0. The molecule has 0 saturated heterocycles. The minimum atomic E-state index is -1.45. The summed E-state index contributed by atoms with van der Waals surface area (Å²) in [5.74, 6) is -0.326. The van der Waals surface area contributed by atoms with Gasteiger partial charge in [0.1, 0.15) is 0 Å². The molecule has 4 nitrogen and oxygen atoms in total. The molecule has 1 fully saturated rings. The zero-order chi connectivity index (χ0) is 17.2. The molecule has 1 aromatic carbocycles. The number of benzene rings is 1. The van der Waals surface area contributed by atoms with Gasteiger partial charge in [0.15, 0.2) is 5.60 Å². The second-order valence-electron chi connectivity index (χ2n) is 7.39. The summed E-state index contributed by atoms with van der Waals surface area (Å²) in [6.07, 6.45) is 7.94. The van der Waals surface area contributed by atoms with Crippen LogP contribution in [0.25, 0.3) is 0 Å². The number of anilines is 1. The van der Waals surface area contributed by atoms with Gasteiger partial charge < -0.3 is 10.4 Å². The van der Waals surface area contributed by atoms with Gasteiger partial charge in [-0.05, 0) is 43.7 Å². The molecule has 1 unspecified atom stereocenters. The van der Waals surface area contributed by atoms with Gasteiger partial charge in [0.25, 0.3) is 5.91 Å². The Balaban J connectivity index is 1.98. The van der Waals surface area contributed by atoms with Crippen molar-refractivity contribution in [3.63, 3.8) is 0 Å². The molecular formula is C20H26N2O2. The Kier molecular flexibility index (Phi) is 4.64. The zero-order valence-electron chi connectivity index (χ0n) is 14.4. The largest absolute Gasteiger partial charge is 0.375 e. The Bertz CT molecular complexity index is 671. The van der Waals surface area contributed by atoms with E-state index in [4.69, 9.17) is 0 Å². The summed E-state index contributed by atoms with van der Waals surface area (Å²) in [5.41, 5.74) is 0.564. The molecule has 1 heterocycles. The van der Waals surface area contributed by atoms with Crippen LogP contribution < -0.4 is 5.32 Å². The molecule has 1 saturated carbocycles. The second-order valence-corrected chi connectivity index (χ2v) is 7.39. The highest BCUT2D eigenvalue weighted by Gasteiger charge is 2.47. The Morgan fingerprint density at radius 2 is 2.04 bits per heavy atom. The number of aliphatic hydroxyl groups is 1. The normalized spacial score (nSPS) is 25.0. The van der Waals surface area contributed by atoms with Gasteiger partial charge in [0.05, 0.1) is 11.5 Å². The van der Waals surface area contributed by atoms with Crippen molar-refractivity contribution in [3.05, 3.63) is 29.3 Å². The summed E-state index contributed by atoms with van der Waals surface area (Å²) in [4.78, 5) is 12.4. The molecule has 24 heavy (non-hydrogen) atoms. The first-order valence-electron chi connectivity index (χ1n) is 9.12. The number of nitriles is 1. The van der Waals surface area contributed by atoms with E-state index < -0.39 is 5.60 Å². The van der Waals surface area contributed by atoms with Crippen molar-refractivity contribution in [3.8, 4) is 6.07 Å². The fourth-order valence-corrected chi connectivity index (χ4v) is 4.27. The number of nitrogens with zero attached hydrogens (tertiary/aromatic N) is 1. The molecule has 1 aliphatic carbocycles. The molecule has 128 valence electrons. The van der Waals surface area contributed by atoms with E-state index in [2.05, 4.69) is 18.3 Å². The van der Waals surface area contributed by atoms with Crippen LogP contribution in [0.15, 0.2) is 18.2 Å². The molecule has 2 aliphatic rings. The van der Waals surface area contributed by atoms with E-state index in [0.717, 1.165) is 44.1 Å². The molecule has 4 heteroatoms. The Morgan fingerprint density at radius 1 is 1.29 bits per heavy atom. The lowest BCUT2D eigenvalue weighted by molar-refractivity contribution is -0.134. The maximum Gasteiger partial charge on any atom is 0.261 e. The number of hydrogen-bond donors (Lipinski definition) is 2. The predicted molar refractivity (Wildman–Crippen MR) is 93.3 cm³/mol. The summed E-state index contributed by atoms with van der Waals surface area (Å²) >= 11 is 0. The van der Waals surface area contributed by atoms with E-state index in [1.807, 2.05) is 18.2 Å². The molecule has 0 aromatic heterocycles. The summed E-state index contributed by atoms with van der Waals surface area (Å²) in [7, 11) is 0. The number of rotatable bonds is 5. The van der Waals surface area contributed by atoms with Crippen molar-refractivity contribution in [2.75, 3.05) is 5.32 Å². The smallest absolute Gasteiger partial charge is 0.261 e. The minimum Gasteiger partial charge on any atom is -0.375 e. The molecule has 2 N–H and O–H groups in total. The highest BCUT2D eigenvalue weighted by Crippen LogP contribution is 2.45. The van der Waals surface area contributed by atoms with Crippen LogP contribution in [0, 0.1) is 16.7 Å². The lowest BCUT2D eigenvalue weighted by Crippen LogP contribution is -2.35. The molecule has 0 bridgehead atoms. The second kappa shape index (κ2) is 6.57. The Labute approximate surface area is 143 Å². The number of carbonyl (C=O) groups excluding carboxylic acids is 1. The zero-order valence-corrected chi connectivity index (χ0v) is 14.4. The Hall–Kier alpha value is -1.86. The van der Waals surface area contributed by atoms with Crippen LogP contribution in [0.3, 0.4) is 0 Å². The number of carbonyl (C=O) groups is 1. The SMILES string of the molecule is CCCCC1(O)C(=O)Nc2cccc(CC3(C#N)CCCCC3)c21. The van der Waals surface area contributed by atoms with Crippen molar-refractivity contribution in [2.45, 2.75) is 70.3 Å². The maximum atomic E-state index is 12.4. The van der Waals surface area contributed by atoms with E-state index in [0.29, 0.717) is 24.1 Å². The van der Waals surface area contributed by atoms with Crippen molar-refractivity contribution in [1.82, 2.24) is 0 Å². The number of unbranched alkanes of at least 4 members (excludes halogenated alkanes) is 1. The topological polar surface area (TPSA) is 73.1 Å². The number of fused-ring (bicyclic) bond motifs is 1.